The predicted molar refractivity (Wildman–Crippen MR) is 77.1 cm³/mol. The number of carbonyl (C=O) groups excluding carboxylic acids is 1. The molecular formula is C16H18N2O2. The number of para-hydroxylation sites is 1. The van der Waals surface area contributed by atoms with E-state index in [4.69, 9.17) is 4.74 Å². The van der Waals surface area contributed by atoms with Crippen molar-refractivity contribution in [3.05, 3.63) is 42.1 Å². The van der Waals surface area contributed by atoms with E-state index in [9.17, 15) is 4.79 Å². The average Bonchev–Trinajstić information content (AvgIpc) is 3.00. The van der Waals surface area contributed by atoms with E-state index in [1.165, 1.54) is 0 Å². The standard InChI is InChI=1S/C16H18N2O2/c1-18(16(19)14-6-7-20-11-14)10-12-8-13-4-2-3-5-15(13)17-9-12/h2-5,8-9,14H,6-7,10-11H2,1H3/t14-/m1/s1. The van der Waals surface area contributed by atoms with Crippen molar-refractivity contribution in [3.63, 3.8) is 0 Å². The van der Waals surface area contributed by atoms with Crippen LogP contribution in [0.2, 0.25) is 0 Å². The molecular weight excluding hydrogens is 252 g/mol. The van der Waals surface area contributed by atoms with Gasteiger partial charge in [-0.1, -0.05) is 18.2 Å². The molecule has 0 aliphatic carbocycles. The van der Waals surface area contributed by atoms with E-state index in [0.717, 1.165) is 22.9 Å². The molecule has 0 radical (unpaired) electrons. The molecule has 0 spiro atoms. The Morgan fingerprint density at radius 1 is 1.45 bits per heavy atom. The largest absolute Gasteiger partial charge is 0.381 e. The van der Waals surface area contributed by atoms with Gasteiger partial charge in [0.15, 0.2) is 0 Å². The van der Waals surface area contributed by atoms with Gasteiger partial charge in [-0.15, -0.1) is 0 Å². The highest BCUT2D eigenvalue weighted by molar-refractivity contribution is 5.80. The minimum absolute atomic E-state index is 0.0217. The number of benzene rings is 1. The molecule has 2 aromatic rings. The van der Waals surface area contributed by atoms with Crippen LogP contribution in [0, 0.1) is 5.92 Å². The van der Waals surface area contributed by atoms with Crippen molar-refractivity contribution in [2.45, 2.75) is 13.0 Å². The van der Waals surface area contributed by atoms with Gasteiger partial charge in [-0.25, -0.2) is 0 Å². The molecule has 0 unspecified atom stereocenters. The monoisotopic (exact) mass is 270 g/mol. The van der Waals surface area contributed by atoms with Crippen molar-refractivity contribution in [2.24, 2.45) is 5.92 Å². The summed E-state index contributed by atoms with van der Waals surface area (Å²) in [5.74, 6) is 0.184. The predicted octanol–water partition coefficient (Wildman–Crippen LogP) is 2.23. The second-order valence-electron chi connectivity index (χ2n) is 5.29. The Hall–Kier alpha value is -1.94. The molecule has 1 aromatic heterocycles. The van der Waals surface area contributed by atoms with Gasteiger partial charge in [0.05, 0.1) is 18.0 Å². The van der Waals surface area contributed by atoms with E-state index in [2.05, 4.69) is 11.1 Å². The number of fused-ring (bicyclic) bond motifs is 1. The second kappa shape index (κ2) is 5.59. The summed E-state index contributed by atoms with van der Waals surface area (Å²) in [5.41, 5.74) is 2.04. The highest BCUT2D eigenvalue weighted by Crippen LogP contribution is 2.18. The SMILES string of the molecule is CN(Cc1cnc2ccccc2c1)C(=O)[C@@H]1CCOC1. The third-order valence-corrected chi connectivity index (χ3v) is 3.72. The third kappa shape index (κ3) is 2.65. The lowest BCUT2D eigenvalue weighted by atomic mass is 10.1. The van der Waals surface area contributed by atoms with Crippen LogP contribution in [0.4, 0.5) is 0 Å². The minimum atomic E-state index is 0.0217. The number of nitrogens with zero attached hydrogens (tertiary/aromatic N) is 2. The van der Waals surface area contributed by atoms with E-state index < -0.39 is 0 Å². The first-order valence-corrected chi connectivity index (χ1v) is 6.90. The summed E-state index contributed by atoms with van der Waals surface area (Å²) < 4.78 is 5.28. The van der Waals surface area contributed by atoms with Crippen molar-refractivity contribution in [1.29, 1.82) is 0 Å². The summed E-state index contributed by atoms with van der Waals surface area (Å²) in [4.78, 5) is 18.4. The smallest absolute Gasteiger partial charge is 0.228 e. The molecule has 104 valence electrons. The normalized spacial score (nSPS) is 18.4. The summed E-state index contributed by atoms with van der Waals surface area (Å²) in [5, 5.41) is 1.11. The highest BCUT2D eigenvalue weighted by Gasteiger charge is 2.26. The van der Waals surface area contributed by atoms with E-state index in [1.54, 1.807) is 4.90 Å². The molecule has 0 bridgehead atoms. The lowest BCUT2D eigenvalue weighted by Crippen LogP contribution is -2.32. The Kier molecular flexibility index (Phi) is 3.65. The number of aromatic nitrogens is 1. The van der Waals surface area contributed by atoms with E-state index >= 15 is 0 Å². The zero-order chi connectivity index (χ0) is 13.9. The van der Waals surface area contributed by atoms with E-state index in [-0.39, 0.29) is 11.8 Å². The lowest BCUT2D eigenvalue weighted by Gasteiger charge is -2.20. The van der Waals surface area contributed by atoms with Gasteiger partial charge in [0.2, 0.25) is 5.91 Å². The number of ether oxygens (including phenoxy) is 1. The van der Waals surface area contributed by atoms with Crippen LogP contribution < -0.4 is 0 Å². The van der Waals surface area contributed by atoms with Gasteiger partial charge < -0.3 is 9.64 Å². The number of amides is 1. The third-order valence-electron chi connectivity index (χ3n) is 3.72. The van der Waals surface area contributed by atoms with Crippen molar-refractivity contribution < 1.29 is 9.53 Å². The molecule has 0 N–H and O–H groups in total. The fourth-order valence-corrected chi connectivity index (χ4v) is 2.60. The molecule has 1 aliphatic rings. The van der Waals surface area contributed by atoms with Crippen LogP contribution in [0.15, 0.2) is 36.5 Å². The molecule has 1 aliphatic heterocycles. The van der Waals surface area contributed by atoms with Crippen molar-refractivity contribution >= 4 is 16.8 Å². The van der Waals surface area contributed by atoms with Crippen LogP contribution in [-0.4, -0.2) is 36.1 Å². The van der Waals surface area contributed by atoms with Gasteiger partial charge in [-0.3, -0.25) is 9.78 Å². The Labute approximate surface area is 118 Å². The highest BCUT2D eigenvalue weighted by atomic mass is 16.5. The van der Waals surface area contributed by atoms with Crippen LogP contribution in [-0.2, 0) is 16.1 Å². The fourth-order valence-electron chi connectivity index (χ4n) is 2.60. The van der Waals surface area contributed by atoms with E-state index in [1.807, 2.05) is 37.5 Å². The van der Waals surface area contributed by atoms with Crippen molar-refractivity contribution in [1.82, 2.24) is 9.88 Å². The summed E-state index contributed by atoms with van der Waals surface area (Å²) in [6, 6.07) is 10.1. The molecule has 1 fully saturated rings. The number of pyridine rings is 1. The molecule has 4 nitrogen and oxygen atoms in total. The molecule has 1 atom stereocenters. The molecule has 20 heavy (non-hydrogen) atoms. The van der Waals surface area contributed by atoms with Gasteiger partial charge in [0.25, 0.3) is 0 Å². The number of hydrogen-bond acceptors (Lipinski definition) is 3. The van der Waals surface area contributed by atoms with Crippen molar-refractivity contribution in [3.8, 4) is 0 Å². The fraction of sp³-hybridized carbons (Fsp3) is 0.375. The van der Waals surface area contributed by atoms with Gasteiger partial charge in [-0.2, -0.15) is 0 Å². The summed E-state index contributed by atoms with van der Waals surface area (Å²) in [7, 11) is 1.84. The van der Waals surface area contributed by atoms with Crippen LogP contribution in [0.1, 0.15) is 12.0 Å². The first-order chi connectivity index (χ1) is 9.74. The number of carbonyl (C=O) groups is 1. The van der Waals surface area contributed by atoms with Crippen LogP contribution in [0.25, 0.3) is 10.9 Å². The van der Waals surface area contributed by atoms with Crippen molar-refractivity contribution in [2.75, 3.05) is 20.3 Å². The topological polar surface area (TPSA) is 42.4 Å². The molecule has 1 amide bonds. The summed E-state index contributed by atoms with van der Waals surface area (Å²) in [6.07, 6.45) is 2.68. The molecule has 1 aromatic carbocycles. The average molecular weight is 270 g/mol. The van der Waals surface area contributed by atoms with Gasteiger partial charge in [0, 0.05) is 31.8 Å². The Balaban J connectivity index is 1.73. The van der Waals surface area contributed by atoms with Crippen LogP contribution >= 0.6 is 0 Å². The zero-order valence-corrected chi connectivity index (χ0v) is 11.6. The first-order valence-electron chi connectivity index (χ1n) is 6.90. The first kappa shape index (κ1) is 13.1. The van der Waals surface area contributed by atoms with Crippen LogP contribution in [0.3, 0.4) is 0 Å². The van der Waals surface area contributed by atoms with Crippen LogP contribution in [0.5, 0.6) is 0 Å². The molecule has 2 heterocycles. The van der Waals surface area contributed by atoms with E-state index in [0.29, 0.717) is 19.8 Å². The second-order valence-corrected chi connectivity index (χ2v) is 5.29. The molecule has 0 saturated carbocycles. The van der Waals surface area contributed by atoms with Gasteiger partial charge >= 0.3 is 0 Å². The number of hydrogen-bond donors (Lipinski definition) is 0. The van der Waals surface area contributed by atoms with Gasteiger partial charge in [0.1, 0.15) is 0 Å². The maximum atomic E-state index is 12.2. The molecule has 4 heteroatoms. The molecule has 3 rings (SSSR count). The van der Waals surface area contributed by atoms with Gasteiger partial charge in [-0.05, 0) is 24.1 Å². The Bertz CT molecular complexity index is 621. The maximum Gasteiger partial charge on any atom is 0.228 e. The Morgan fingerprint density at radius 2 is 2.30 bits per heavy atom. The molecule has 1 saturated heterocycles. The summed E-state index contributed by atoms with van der Waals surface area (Å²) >= 11 is 0. The minimum Gasteiger partial charge on any atom is -0.381 e. The Morgan fingerprint density at radius 3 is 3.10 bits per heavy atom. The zero-order valence-electron chi connectivity index (χ0n) is 11.6. The quantitative estimate of drug-likeness (QED) is 0.859. The lowest BCUT2D eigenvalue weighted by molar-refractivity contribution is -0.134. The number of rotatable bonds is 3. The maximum absolute atomic E-state index is 12.2. The summed E-state index contributed by atoms with van der Waals surface area (Å²) in [6.45, 7) is 1.84.